The number of hydrogen-bond donors (Lipinski definition) is 1. The van der Waals surface area contributed by atoms with Gasteiger partial charge in [0.1, 0.15) is 5.65 Å². The number of para-hydroxylation sites is 1. The average molecular weight is 437 g/mol. The highest BCUT2D eigenvalue weighted by atomic mass is 19.1. The van der Waals surface area contributed by atoms with Crippen LogP contribution in [0.1, 0.15) is 45.7 Å². The van der Waals surface area contributed by atoms with E-state index in [1.54, 1.807) is 13.1 Å². The molecule has 0 aliphatic heterocycles. The van der Waals surface area contributed by atoms with E-state index >= 15 is 0 Å². The van der Waals surface area contributed by atoms with E-state index in [4.69, 9.17) is 4.74 Å². The molecule has 0 spiro atoms. The lowest BCUT2D eigenvalue weighted by Crippen LogP contribution is -2.09. The number of allylic oxidation sites excluding steroid dienone is 1. The Bertz CT molecular complexity index is 1130. The second-order valence-electron chi connectivity index (χ2n) is 7.96. The lowest BCUT2D eigenvalue weighted by Gasteiger charge is -2.16. The Morgan fingerprint density at radius 1 is 1.19 bits per heavy atom. The number of nitrogens with one attached hydrogen (secondary N) is 1. The van der Waals surface area contributed by atoms with Crippen molar-refractivity contribution in [1.29, 1.82) is 0 Å². The van der Waals surface area contributed by atoms with Gasteiger partial charge in [0.2, 0.25) is 0 Å². The molecule has 3 aromatic rings. The van der Waals surface area contributed by atoms with Crippen molar-refractivity contribution in [3.63, 3.8) is 0 Å². The summed E-state index contributed by atoms with van der Waals surface area (Å²) in [5.41, 5.74) is 7.03. The molecule has 0 bridgehead atoms. The molecular formula is C26H33FN4O. The van der Waals surface area contributed by atoms with Gasteiger partial charge in [-0.1, -0.05) is 31.1 Å². The first kappa shape index (κ1) is 23.7. The molecule has 2 heterocycles. The fourth-order valence-electron chi connectivity index (χ4n) is 4.00. The maximum Gasteiger partial charge on any atom is 0.165 e. The summed E-state index contributed by atoms with van der Waals surface area (Å²) < 4.78 is 22.9. The molecule has 3 rings (SSSR count). The van der Waals surface area contributed by atoms with Gasteiger partial charge in [0.15, 0.2) is 11.6 Å². The second-order valence-corrected chi connectivity index (χ2v) is 7.96. The topological polar surface area (TPSA) is 50.9 Å². The molecule has 0 fully saturated rings. The molecule has 32 heavy (non-hydrogen) atoms. The minimum atomic E-state index is -0.361. The number of nitrogens with zero attached hydrogens (tertiary/aromatic N) is 3. The van der Waals surface area contributed by atoms with E-state index in [0.29, 0.717) is 19.6 Å². The quantitative estimate of drug-likeness (QED) is 0.407. The summed E-state index contributed by atoms with van der Waals surface area (Å²) in [6.45, 7) is 7.41. The number of halogens is 1. The minimum Gasteiger partial charge on any atom is -0.490 e. The van der Waals surface area contributed by atoms with Crippen molar-refractivity contribution < 1.29 is 9.13 Å². The molecule has 0 unspecified atom stereocenters. The number of aromatic nitrogens is 2. The summed E-state index contributed by atoms with van der Waals surface area (Å²) in [6.07, 6.45) is 6.63. The van der Waals surface area contributed by atoms with Crippen LogP contribution in [0.5, 0.6) is 5.75 Å². The normalized spacial score (nSPS) is 12.9. The maximum absolute atomic E-state index is 14.8. The van der Waals surface area contributed by atoms with E-state index in [0.717, 1.165) is 41.0 Å². The van der Waals surface area contributed by atoms with Gasteiger partial charge in [-0.25, -0.2) is 9.37 Å². The third-order valence-corrected chi connectivity index (χ3v) is 5.73. The van der Waals surface area contributed by atoms with Crippen molar-refractivity contribution in [2.45, 2.75) is 46.6 Å². The highest BCUT2D eigenvalue weighted by molar-refractivity contribution is 5.98. The number of aliphatic imine (C=N–C) groups is 1. The number of pyridine rings is 1. The van der Waals surface area contributed by atoms with Crippen molar-refractivity contribution in [2.24, 2.45) is 4.99 Å². The highest BCUT2D eigenvalue weighted by Crippen LogP contribution is 2.33. The van der Waals surface area contributed by atoms with Gasteiger partial charge in [-0.2, -0.15) is 0 Å². The number of fused-ring (bicyclic) bond motifs is 1. The summed E-state index contributed by atoms with van der Waals surface area (Å²) in [5, 5.41) is 3.15. The fraction of sp³-hybridized carbons (Fsp3) is 0.385. The van der Waals surface area contributed by atoms with Crippen LogP contribution in [0.25, 0.3) is 16.8 Å². The van der Waals surface area contributed by atoms with Gasteiger partial charge >= 0.3 is 0 Å². The Hall–Kier alpha value is -2.99. The molecule has 1 N–H and O–H groups in total. The molecule has 0 atom stereocenters. The predicted molar refractivity (Wildman–Crippen MR) is 130 cm³/mol. The predicted octanol–water partition coefficient (Wildman–Crippen LogP) is 5.84. The number of hydrogen-bond acceptors (Lipinski definition) is 4. The lowest BCUT2D eigenvalue weighted by atomic mass is 9.99. The van der Waals surface area contributed by atoms with Gasteiger partial charge in [0.05, 0.1) is 18.5 Å². The van der Waals surface area contributed by atoms with Crippen molar-refractivity contribution in [1.82, 2.24) is 14.7 Å². The Kier molecular flexibility index (Phi) is 8.17. The first-order valence-corrected chi connectivity index (χ1v) is 11.1. The van der Waals surface area contributed by atoms with Crippen LogP contribution in [0.4, 0.5) is 4.39 Å². The number of rotatable bonds is 10. The smallest absolute Gasteiger partial charge is 0.165 e. The van der Waals surface area contributed by atoms with Crippen LogP contribution in [0.2, 0.25) is 0 Å². The summed E-state index contributed by atoms with van der Waals surface area (Å²) in [6, 6.07) is 8.95. The molecule has 0 aliphatic carbocycles. The zero-order chi connectivity index (χ0) is 23.1. The summed E-state index contributed by atoms with van der Waals surface area (Å²) in [5.74, 6) is -0.0823. The third kappa shape index (κ3) is 5.25. The molecule has 0 saturated heterocycles. The summed E-state index contributed by atoms with van der Waals surface area (Å²) in [4.78, 5) is 8.80. The van der Waals surface area contributed by atoms with Crippen LogP contribution in [0.3, 0.4) is 0 Å². The van der Waals surface area contributed by atoms with Gasteiger partial charge in [0, 0.05) is 43.0 Å². The molecule has 0 amide bonds. The maximum atomic E-state index is 14.8. The van der Waals surface area contributed by atoms with E-state index < -0.39 is 0 Å². The second kappa shape index (κ2) is 11.0. The molecule has 0 radical (unpaired) electrons. The number of imidazole rings is 1. The van der Waals surface area contributed by atoms with Crippen LogP contribution in [0, 0.1) is 5.82 Å². The SMILES string of the molecule is CCC/C(C)=C(CCOc1c(F)cccc1-c1ccc2ncc(CNC)n2c1)\C(C)=N/C. The fourth-order valence-corrected chi connectivity index (χ4v) is 4.00. The highest BCUT2D eigenvalue weighted by Gasteiger charge is 2.15. The van der Waals surface area contributed by atoms with Gasteiger partial charge < -0.3 is 14.5 Å². The van der Waals surface area contributed by atoms with Gasteiger partial charge in [-0.05, 0) is 51.1 Å². The Morgan fingerprint density at radius 2 is 2.00 bits per heavy atom. The standard InChI is InChI=1S/C26H33FN4O/c1-6-8-18(2)22(19(3)29-5)13-14-32-26-23(9-7-10-24(26)27)20-11-12-25-30-16-21(15-28-4)31(25)17-20/h7,9-12,16-17,28H,6,8,13-15H2,1-5H3/b22-18-,29-19-. The molecule has 5 nitrogen and oxygen atoms in total. The molecule has 0 saturated carbocycles. The molecule has 6 heteroatoms. The van der Waals surface area contributed by atoms with Gasteiger partial charge in [-0.3, -0.25) is 4.99 Å². The Labute approximate surface area is 190 Å². The zero-order valence-corrected chi connectivity index (χ0v) is 19.7. The van der Waals surface area contributed by atoms with Crippen LogP contribution < -0.4 is 10.1 Å². The largest absolute Gasteiger partial charge is 0.490 e. The van der Waals surface area contributed by atoms with Crippen LogP contribution in [-0.2, 0) is 6.54 Å². The van der Waals surface area contributed by atoms with E-state index in [1.165, 1.54) is 17.2 Å². The Morgan fingerprint density at radius 3 is 2.72 bits per heavy atom. The van der Waals surface area contributed by atoms with Crippen LogP contribution in [-0.4, -0.2) is 35.8 Å². The first-order valence-electron chi connectivity index (χ1n) is 11.1. The van der Waals surface area contributed by atoms with E-state index in [2.05, 4.69) is 29.1 Å². The van der Waals surface area contributed by atoms with Crippen molar-refractivity contribution >= 4 is 11.4 Å². The first-order chi connectivity index (χ1) is 15.5. The molecular weight excluding hydrogens is 403 g/mol. The van der Waals surface area contributed by atoms with Crippen molar-refractivity contribution in [3.05, 3.63) is 65.4 Å². The zero-order valence-electron chi connectivity index (χ0n) is 19.7. The van der Waals surface area contributed by atoms with Crippen molar-refractivity contribution in [3.8, 4) is 16.9 Å². The van der Waals surface area contributed by atoms with Gasteiger partial charge in [0.25, 0.3) is 0 Å². The van der Waals surface area contributed by atoms with Crippen LogP contribution >= 0.6 is 0 Å². The van der Waals surface area contributed by atoms with E-state index in [-0.39, 0.29) is 11.6 Å². The molecule has 0 aliphatic rings. The number of benzene rings is 1. The van der Waals surface area contributed by atoms with Crippen molar-refractivity contribution in [2.75, 3.05) is 20.7 Å². The average Bonchev–Trinajstić information content (AvgIpc) is 3.19. The molecule has 1 aromatic carbocycles. The molecule has 2 aromatic heterocycles. The monoisotopic (exact) mass is 436 g/mol. The number of ether oxygens (including phenoxy) is 1. The van der Waals surface area contributed by atoms with Crippen LogP contribution in [0.15, 0.2) is 58.9 Å². The third-order valence-electron chi connectivity index (χ3n) is 5.73. The minimum absolute atomic E-state index is 0.278. The lowest BCUT2D eigenvalue weighted by molar-refractivity contribution is 0.307. The summed E-state index contributed by atoms with van der Waals surface area (Å²) in [7, 11) is 3.70. The Balaban J connectivity index is 1.89. The molecule has 170 valence electrons. The van der Waals surface area contributed by atoms with E-state index in [9.17, 15) is 4.39 Å². The van der Waals surface area contributed by atoms with Gasteiger partial charge in [-0.15, -0.1) is 0 Å². The summed E-state index contributed by atoms with van der Waals surface area (Å²) >= 11 is 0. The van der Waals surface area contributed by atoms with E-state index in [1.807, 2.05) is 49.0 Å².